The first-order valence-electron chi connectivity index (χ1n) is 4.93. The fraction of sp³-hybridized carbons (Fsp3) is 0. The van der Waals surface area contributed by atoms with Gasteiger partial charge < -0.3 is 10.2 Å². The molecule has 0 spiro atoms. The van der Waals surface area contributed by atoms with Crippen molar-refractivity contribution >= 4 is 38.0 Å². The number of carboxylic acid groups (broad SMARTS) is 2. The summed E-state index contributed by atoms with van der Waals surface area (Å²) in [4.78, 5) is 8.56. The fourth-order valence-electron chi connectivity index (χ4n) is 1.36. The van der Waals surface area contributed by atoms with Gasteiger partial charge in [0.1, 0.15) is 0 Å². The standard InChI is InChI=1S/C12H8Br2.CH2O3/c13-11-7-3-1-5-9(11)10-6-2-4-8-12(10)14;2-1(3)4/h1-8H;(H2,2,3,4). The Labute approximate surface area is 121 Å². The number of rotatable bonds is 1. The minimum absolute atomic E-state index is 1.12. The quantitative estimate of drug-likeness (QED) is 0.730. The Morgan fingerprint density at radius 3 is 1.33 bits per heavy atom. The van der Waals surface area contributed by atoms with E-state index in [4.69, 9.17) is 15.0 Å². The molecule has 0 saturated carbocycles. The summed E-state index contributed by atoms with van der Waals surface area (Å²) in [6.07, 6.45) is -1.83. The number of halogens is 2. The van der Waals surface area contributed by atoms with E-state index in [0.29, 0.717) is 0 Å². The van der Waals surface area contributed by atoms with Crippen LogP contribution in [0.25, 0.3) is 11.1 Å². The number of hydrogen-bond donors (Lipinski definition) is 2. The highest BCUT2D eigenvalue weighted by atomic mass is 79.9. The summed E-state index contributed by atoms with van der Waals surface area (Å²) in [7, 11) is 0. The van der Waals surface area contributed by atoms with Crippen molar-refractivity contribution < 1.29 is 15.0 Å². The maximum absolute atomic E-state index is 8.56. The summed E-state index contributed by atoms with van der Waals surface area (Å²) < 4.78 is 2.24. The van der Waals surface area contributed by atoms with Gasteiger partial charge in [0.25, 0.3) is 0 Å². The molecule has 18 heavy (non-hydrogen) atoms. The van der Waals surface area contributed by atoms with E-state index < -0.39 is 6.16 Å². The van der Waals surface area contributed by atoms with E-state index in [-0.39, 0.29) is 0 Å². The van der Waals surface area contributed by atoms with Crippen LogP contribution in [-0.4, -0.2) is 16.4 Å². The molecule has 0 bridgehead atoms. The molecule has 2 rings (SSSR count). The number of carbonyl (C=O) groups is 1. The maximum Gasteiger partial charge on any atom is 0.503 e. The molecule has 0 aliphatic carbocycles. The lowest BCUT2D eigenvalue weighted by atomic mass is 10.1. The van der Waals surface area contributed by atoms with Gasteiger partial charge in [-0.25, -0.2) is 4.79 Å². The molecule has 0 aromatic heterocycles. The Morgan fingerprint density at radius 2 is 1.06 bits per heavy atom. The molecule has 0 saturated heterocycles. The highest BCUT2D eigenvalue weighted by Crippen LogP contribution is 2.32. The Morgan fingerprint density at radius 1 is 0.778 bits per heavy atom. The van der Waals surface area contributed by atoms with E-state index in [1.165, 1.54) is 11.1 Å². The summed E-state index contributed by atoms with van der Waals surface area (Å²) in [6.45, 7) is 0. The molecular formula is C13H10Br2O3. The molecule has 94 valence electrons. The minimum Gasteiger partial charge on any atom is -0.450 e. The second-order valence-electron chi connectivity index (χ2n) is 3.24. The second-order valence-corrected chi connectivity index (χ2v) is 4.95. The van der Waals surface area contributed by atoms with Gasteiger partial charge in [0.2, 0.25) is 0 Å². The molecule has 2 aromatic carbocycles. The van der Waals surface area contributed by atoms with Gasteiger partial charge in [-0.15, -0.1) is 0 Å². The lowest BCUT2D eigenvalue weighted by molar-refractivity contribution is 0.137. The third-order valence-corrected chi connectivity index (χ3v) is 3.42. The maximum atomic E-state index is 8.56. The first-order valence-corrected chi connectivity index (χ1v) is 6.52. The summed E-state index contributed by atoms with van der Waals surface area (Å²) >= 11 is 7.09. The van der Waals surface area contributed by atoms with Crippen LogP contribution < -0.4 is 0 Å². The van der Waals surface area contributed by atoms with Gasteiger partial charge in [-0.2, -0.15) is 0 Å². The minimum atomic E-state index is -1.83. The van der Waals surface area contributed by atoms with Crippen molar-refractivity contribution in [2.45, 2.75) is 0 Å². The SMILES string of the molecule is Brc1ccccc1-c1ccccc1Br.O=C(O)O. The van der Waals surface area contributed by atoms with Crippen LogP contribution in [0.3, 0.4) is 0 Å². The van der Waals surface area contributed by atoms with Crippen molar-refractivity contribution in [1.82, 2.24) is 0 Å². The van der Waals surface area contributed by atoms with Crippen molar-refractivity contribution in [3.05, 3.63) is 57.5 Å². The first-order chi connectivity index (χ1) is 8.52. The average molecular weight is 374 g/mol. The Bertz CT molecular complexity index is 494. The first kappa shape index (κ1) is 14.7. The van der Waals surface area contributed by atoms with Gasteiger partial charge >= 0.3 is 6.16 Å². The Hall–Kier alpha value is -1.33. The largest absolute Gasteiger partial charge is 0.503 e. The van der Waals surface area contributed by atoms with Crippen LogP contribution in [0.2, 0.25) is 0 Å². The van der Waals surface area contributed by atoms with Crippen LogP contribution in [0.5, 0.6) is 0 Å². The monoisotopic (exact) mass is 372 g/mol. The molecule has 5 heteroatoms. The van der Waals surface area contributed by atoms with E-state index >= 15 is 0 Å². The molecule has 0 amide bonds. The van der Waals surface area contributed by atoms with Crippen LogP contribution in [0.15, 0.2) is 57.5 Å². The van der Waals surface area contributed by atoms with E-state index in [0.717, 1.165) is 8.95 Å². The van der Waals surface area contributed by atoms with Crippen molar-refractivity contribution in [3.8, 4) is 11.1 Å². The van der Waals surface area contributed by atoms with Gasteiger partial charge in [0.15, 0.2) is 0 Å². The molecule has 0 radical (unpaired) electrons. The molecule has 0 aliphatic rings. The van der Waals surface area contributed by atoms with Crippen LogP contribution in [-0.2, 0) is 0 Å². The zero-order valence-electron chi connectivity index (χ0n) is 9.18. The zero-order chi connectivity index (χ0) is 13.5. The van der Waals surface area contributed by atoms with Crippen LogP contribution in [0.1, 0.15) is 0 Å². The van der Waals surface area contributed by atoms with Crippen LogP contribution in [0, 0.1) is 0 Å². The molecule has 0 atom stereocenters. The van der Waals surface area contributed by atoms with E-state index in [1.54, 1.807) is 0 Å². The van der Waals surface area contributed by atoms with E-state index in [1.807, 2.05) is 24.3 Å². The summed E-state index contributed by atoms with van der Waals surface area (Å²) in [5.41, 5.74) is 2.42. The highest BCUT2D eigenvalue weighted by Gasteiger charge is 2.04. The second kappa shape index (κ2) is 7.18. The molecule has 2 aromatic rings. The number of hydrogen-bond acceptors (Lipinski definition) is 1. The van der Waals surface area contributed by atoms with Crippen molar-refractivity contribution in [1.29, 1.82) is 0 Å². The summed E-state index contributed by atoms with van der Waals surface area (Å²) in [5, 5.41) is 13.9. The third-order valence-electron chi connectivity index (χ3n) is 2.04. The predicted molar refractivity (Wildman–Crippen MR) is 77.9 cm³/mol. The average Bonchev–Trinajstić information content (AvgIpc) is 2.30. The van der Waals surface area contributed by atoms with E-state index in [9.17, 15) is 0 Å². The molecule has 3 nitrogen and oxygen atoms in total. The molecule has 0 fully saturated rings. The number of benzene rings is 2. The van der Waals surface area contributed by atoms with Crippen LogP contribution in [0.4, 0.5) is 4.79 Å². The predicted octanol–water partition coefficient (Wildman–Crippen LogP) is 5.10. The summed E-state index contributed by atoms with van der Waals surface area (Å²) in [6, 6.07) is 16.4. The van der Waals surface area contributed by atoms with Gasteiger partial charge in [-0.3, -0.25) is 0 Å². The molecular weight excluding hydrogens is 364 g/mol. The molecule has 0 aliphatic heterocycles. The molecule has 0 unspecified atom stereocenters. The Balaban J connectivity index is 0.000000357. The van der Waals surface area contributed by atoms with E-state index in [2.05, 4.69) is 56.1 Å². The van der Waals surface area contributed by atoms with Crippen molar-refractivity contribution in [2.24, 2.45) is 0 Å². The smallest absolute Gasteiger partial charge is 0.450 e. The van der Waals surface area contributed by atoms with Crippen LogP contribution >= 0.6 is 31.9 Å². The topological polar surface area (TPSA) is 57.5 Å². The lowest BCUT2D eigenvalue weighted by Crippen LogP contribution is -1.81. The normalized spacial score (nSPS) is 9.22. The van der Waals surface area contributed by atoms with Crippen molar-refractivity contribution in [2.75, 3.05) is 0 Å². The van der Waals surface area contributed by atoms with Gasteiger partial charge in [-0.1, -0.05) is 68.3 Å². The Kier molecular flexibility index (Phi) is 5.88. The van der Waals surface area contributed by atoms with Gasteiger partial charge in [0, 0.05) is 8.95 Å². The molecule has 0 heterocycles. The fourth-order valence-corrected chi connectivity index (χ4v) is 2.36. The zero-order valence-corrected chi connectivity index (χ0v) is 12.3. The lowest BCUT2D eigenvalue weighted by Gasteiger charge is -2.06. The van der Waals surface area contributed by atoms with Gasteiger partial charge in [-0.05, 0) is 23.3 Å². The highest BCUT2D eigenvalue weighted by molar-refractivity contribution is 9.11. The third kappa shape index (κ3) is 4.50. The van der Waals surface area contributed by atoms with Gasteiger partial charge in [0.05, 0.1) is 0 Å². The summed E-state index contributed by atoms with van der Waals surface area (Å²) in [5.74, 6) is 0. The molecule has 2 N–H and O–H groups in total. The van der Waals surface area contributed by atoms with Crippen molar-refractivity contribution in [3.63, 3.8) is 0 Å².